The van der Waals surface area contributed by atoms with Crippen molar-refractivity contribution in [3.63, 3.8) is 0 Å². The van der Waals surface area contributed by atoms with Crippen molar-refractivity contribution in [3.05, 3.63) is 91.6 Å². The molecule has 3 aromatic rings. The van der Waals surface area contributed by atoms with E-state index in [-0.39, 0.29) is 11.4 Å². The number of aryl methyl sites for hydroxylation is 1. The van der Waals surface area contributed by atoms with E-state index in [2.05, 4.69) is 5.32 Å². The normalized spacial score (nSPS) is 16.6. The van der Waals surface area contributed by atoms with Crippen LogP contribution in [0.5, 0.6) is 0 Å². The minimum Gasteiger partial charge on any atom is -0.360 e. The fraction of sp³-hybridized carbons (Fsp3) is 0.136. The van der Waals surface area contributed by atoms with E-state index >= 15 is 0 Å². The predicted octanol–water partition coefficient (Wildman–Crippen LogP) is 5.50. The van der Waals surface area contributed by atoms with Crippen LogP contribution in [0.25, 0.3) is 0 Å². The zero-order valence-corrected chi connectivity index (χ0v) is 18.7. The highest BCUT2D eigenvalue weighted by Crippen LogP contribution is 2.39. The van der Waals surface area contributed by atoms with Crippen LogP contribution >= 0.6 is 22.9 Å². The van der Waals surface area contributed by atoms with Crippen LogP contribution in [0.3, 0.4) is 0 Å². The summed E-state index contributed by atoms with van der Waals surface area (Å²) in [6, 6.07) is 14.3. The van der Waals surface area contributed by atoms with Crippen molar-refractivity contribution in [2.45, 2.75) is 20.4 Å². The highest BCUT2D eigenvalue weighted by Gasteiger charge is 2.41. The lowest BCUT2D eigenvalue weighted by molar-refractivity contribution is 0.104. The van der Waals surface area contributed by atoms with E-state index in [0.717, 1.165) is 22.4 Å². The molecular weight excluding hydrogens is 440 g/mol. The molecule has 0 amide bonds. The van der Waals surface area contributed by atoms with E-state index in [4.69, 9.17) is 11.6 Å². The van der Waals surface area contributed by atoms with Gasteiger partial charge in [-0.2, -0.15) is 0 Å². The predicted molar refractivity (Wildman–Crippen MR) is 123 cm³/mol. The van der Waals surface area contributed by atoms with Crippen LogP contribution in [0.1, 0.15) is 26.4 Å². The van der Waals surface area contributed by atoms with Gasteiger partial charge in [-0.1, -0.05) is 35.9 Å². The van der Waals surface area contributed by atoms with Gasteiger partial charge in [-0.15, -0.1) is 11.3 Å². The molecule has 2 heterocycles. The molecule has 0 atom stereocenters. The van der Waals surface area contributed by atoms with Gasteiger partial charge < -0.3 is 5.32 Å². The molecule has 0 fully saturated rings. The summed E-state index contributed by atoms with van der Waals surface area (Å²) in [5.74, 6) is -0.495. The summed E-state index contributed by atoms with van der Waals surface area (Å²) in [5.41, 5.74) is 4.00. The molecule has 154 valence electrons. The number of nitrogens with zero attached hydrogens (tertiary/aromatic N) is 1. The number of hydrogen-bond donors (Lipinski definition) is 1. The van der Waals surface area contributed by atoms with Gasteiger partial charge in [0.2, 0.25) is 5.78 Å². The van der Waals surface area contributed by atoms with Gasteiger partial charge in [-0.05, 0) is 60.2 Å². The molecule has 0 saturated heterocycles. The Bertz CT molecular complexity index is 1260. The third-order valence-corrected chi connectivity index (χ3v) is 8.03. The maximum atomic E-state index is 13.4. The number of carbonyl (C=O) groups excluding carboxylic acids is 1. The van der Waals surface area contributed by atoms with Gasteiger partial charge in [-0.25, -0.2) is 8.42 Å². The van der Waals surface area contributed by atoms with Crippen LogP contribution in [0.4, 0.5) is 11.4 Å². The second-order valence-corrected chi connectivity index (χ2v) is 10.2. The number of halogens is 1. The summed E-state index contributed by atoms with van der Waals surface area (Å²) >= 11 is 7.18. The Kier molecular flexibility index (Phi) is 5.44. The van der Waals surface area contributed by atoms with E-state index < -0.39 is 15.8 Å². The van der Waals surface area contributed by atoms with Gasteiger partial charge in [0.1, 0.15) is 4.88 Å². The lowest BCUT2D eigenvalue weighted by Gasteiger charge is -2.29. The summed E-state index contributed by atoms with van der Waals surface area (Å²) in [6.45, 7) is 4.02. The molecule has 30 heavy (non-hydrogen) atoms. The number of nitrogens with one attached hydrogen (secondary N) is 1. The van der Waals surface area contributed by atoms with Crippen LogP contribution in [0, 0.1) is 13.8 Å². The standard InChI is InChI=1S/C22H19ClN2O3S2/c1-14-4-3-5-18(15(14)2)24-12-20-21(26)22-19(10-11-29-22)25(30(20,27)28)13-16-6-8-17(23)9-7-16/h3-12,24H,13H2,1-2H3. The monoisotopic (exact) mass is 458 g/mol. The van der Waals surface area contributed by atoms with Crippen LogP contribution < -0.4 is 9.62 Å². The largest absolute Gasteiger partial charge is 0.360 e. The summed E-state index contributed by atoms with van der Waals surface area (Å²) in [7, 11) is -4.04. The van der Waals surface area contributed by atoms with Gasteiger partial charge in [0.15, 0.2) is 4.91 Å². The second kappa shape index (κ2) is 7.91. The molecule has 8 heteroatoms. The first-order valence-corrected chi connectivity index (χ1v) is 11.9. The average molecular weight is 459 g/mol. The summed E-state index contributed by atoms with van der Waals surface area (Å²) in [4.78, 5) is 13.1. The first-order valence-electron chi connectivity index (χ1n) is 9.21. The SMILES string of the molecule is Cc1cccc(NC=C2C(=O)c3sccc3N(Cc3ccc(Cl)cc3)S2(=O)=O)c1C. The molecular formula is C22H19ClN2O3S2. The van der Waals surface area contributed by atoms with E-state index in [9.17, 15) is 13.2 Å². The first kappa shape index (κ1) is 20.7. The van der Waals surface area contributed by atoms with Gasteiger partial charge >= 0.3 is 0 Å². The van der Waals surface area contributed by atoms with E-state index in [1.807, 2.05) is 32.0 Å². The molecule has 5 nitrogen and oxygen atoms in total. The number of Topliss-reactive ketones (excluding diaryl/α,β-unsaturated/α-hetero) is 1. The lowest BCUT2D eigenvalue weighted by Crippen LogP contribution is -2.38. The van der Waals surface area contributed by atoms with Gasteiger partial charge in [0.25, 0.3) is 10.0 Å². The minimum atomic E-state index is -4.04. The zero-order chi connectivity index (χ0) is 21.5. The number of anilines is 2. The Balaban J connectivity index is 1.75. The average Bonchev–Trinajstić information content (AvgIpc) is 3.19. The molecule has 0 radical (unpaired) electrons. The van der Waals surface area contributed by atoms with Crippen molar-refractivity contribution in [1.29, 1.82) is 0 Å². The van der Waals surface area contributed by atoms with Crippen molar-refractivity contribution in [2.24, 2.45) is 0 Å². The van der Waals surface area contributed by atoms with Crippen LogP contribution in [-0.4, -0.2) is 14.2 Å². The molecule has 0 aliphatic carbocycles. The van der Waals surface area contributed by atoms with Crippen LogP contribution in [0.15, 0.2) is 65.0 Å². The van der Waals surface area contributed by atoms with E-state index in [1.165, 1.54) is 21.8 Å². The second-order valence-electron chi connectivity index (χ2n) is 7.00. The lowest BCUT2D eigenvalue weighted by atomic mass is 10.1. The number of carbonyl (C=O) groups is 1. The molecule has 0 bridgehead atoms. The quantitative estimate of drug-likeness (QED) is 0.524. The first-order chi connectivity index (χ1) is 14.3. The number of fused-ring (bicyclic) bond motifs is 1. The minimum absolute atomic E-state index is 0.108. The summed E-state index contributed by atoms with van der Waals surface area (Å²) in [5, 5.41) is 5.33. The number of hydrogen-bond acceptors (Lipinski definition) is 5. The number of sulfonamides is 1. The Morgan fingerprint density at radius 1 is 1.10 bits per heavy atom. The molecule has 1 aromatic heterocycles. The molecule has 0 unspecified atom stereocenters. The van der Waals surface area contributed by atoms with Crippen molar-refractivity contribution in [2.75, 3.05) is 9.62 Å². The number of rotatable bonds is 4. The number of thiophene rings is 1. The van der Waals surface area contributed by atoms with Crippen molar-refractivity contribution >= 4 is 50.1 Å². The maximum absolute atomic E-state index is 13.4. The third-order valence-electron chi connectivity index (χ3n) is 5.11. The molecule has 1 aliphatic heterocycles. The van der Waals surface area contributed by atoms with Gasteiger partial charge in [0, 0.05) is 16.9 Å². The summed E-state index contributed by atoms with van der Waals surface area (Å²) < 4.78 is 28.1. The van der Waals surface area contributed by atoms with Crippen molar-refractivity contribution < 1.29 is 13.2 Å². The molecule has 2 aromatic carbocycles. The number of allylic oxidation sites excluding steroid dienone is 1. The van der Waals surface area contributed by atoms with Gasteiger partial charge in [0.05, 0.1) is 12.2 Å². The number of ketones is 1. The summed E-state index contributed by atoms with van der Waals surface area (Å²) in [6.07, 6.45) is 1.30. The Morgan fingerprint density at radius 3 is 2.57 bits per heavy atom. The molecule has 4 rings (SSSR count). The highest BCUT2D eigenvalue weighted by molar-refractivity contribution is 7.97. The smallest absolute Gasteiger partial charge is 0.270 e. The van der Waals surface area contributed by atoms with Crippen LogP contribution in [-0.2, 0) is 16.6 Å². The van der Waals surface area contributed by atoms with E-state index in [0.29, 0.717) is 15.6 Å². The van der Waals surface area contributed by atoms with E-state index in [1.54, 1.807) is 35.7 Å². The zero-order valence-electron chi connectivity index (χ0n) is 16.3. The Labute approximate surface area is 184 Å². The van der Waals surface area contributed by atoms with Crippen LogP contribution in [0.2, 0.25) is 5.02 Å². The topological polar surface area (TPSA) is 66.5 Å². The fourth-order valence-corrected chi connectivity index (χ4v) is 5.87. The van der Waals surface area contributed by atoms with Gasteiger partial charge in [-0.3, -0.25) is 9.10 Å². The molecule has 1 N–H and O–H groups in total. The molecule has 0 saturated carbocycles. The Hall–Kier alpha value is -2.61. The molecule has 0 spiro atoms. The van der Waals surface area contributed by atoms with Crippen molar-refractivity contribution in [1.82, 2.24) is 0 Å². The highest BCUT2D eigenvalue weighted by atomic mass is 35.5. The third kappa shape index (κ3) is 3.64. The molecule has 1 aliphatic rings. The number of benzene rings is 2. The van der Waals surface area contributed by atoms with Crippen molar-refractivity contribution in [3.8, 4) is 0 Å². The Morgan fingerprint density at radius 2 is 1.83 bits per heavy atom. The maximum Gasteiger partial charge on any atom is 0.270 e. The fourth-order valence-electron chi connectivity index (χ4n) is 3.26.